The van der Waals surface area contributed by atoms with Crippen molar-refractivity contribution in [3.05, 3.63) is 322 Å². The van der Waals surface area contributed by atoms with Crippen molar-refractivity contribution in [1.29, 1.82) is 0 Å². The highest BCUT2D eigenvalue weighted by molar-refractivity contribution is 8.34. The Kier molecular flexibility index (Phi) is 11.7. The third-order valence-corrected chi connectivity index (χ3v) is 30.2. The fourth-order valence-corrected chi connectivity index (χ4v) is 29.0. The van der Waals surface area contributed by atoms with Crippen LogP contribution in [0.4, 0.5) is 17.1 Å². The Labute approximate surface area is 455 Å². The summed E-state index contributed by atoms with van der Waals surface area (Å²) in [7, 11) is -8.16. The summed E-state index contributed by atoms with van der Waals surface area (Å²) in [6, 6.07) is 120. The first-order chi connectivity index (χ1) is 38.2. The Morgan fingerprint density at radius 2 is 0.584 bits per heavy atom. The first-order valence-corrected chi connectivity index (χ1v) is 32.1. The van der Waals surface area contributed by atoms with E-state index in [4.69, 9.17) is 4.74 Å². The fraction of sp³-hybridized carbons (Fsp3) is 0. The van der Waals surface area contributed by atoms with Crippen molar-refractivity contribution in [2.24, 2.45) is 0 Å². The Morgan fingerprint density at radius 1 is 0.247 bits per heavy atom. The van der Waals surface area contributed by atoms with Gasteiger partial charge in [-0.25, -0.2) is 0 Å². The molecule has 2 aliphatic heterocycles. The molecule has 366 valence electrons. The molecule has 0 bridgehead atoms. The summed E-state index contributed by atoms with van der Waals surface area (Å²) in [4.78, 5) is 7.66. The average molecular weight is 1040 g/mol. The zero-order valence-electron chi connectivity index (χ0n) is 42.4. The summed E-state index contributed by atoms with van der Waals surface area (Å²) in [5.41, 5.74) is 5.64. The van der Waals surface area contributed by atoms with Crippen molar-refractivity contribution in [3.8, 4) is 22.6 Å². The maximum Gasteiger partial charge on any atom is 0.188 e. The fourth-order valence-electron chi connectivity index (χ4n) is 12.8. The van der Waals surface area contributed by atoms with E-state index in [1.807, 2.05) is 0 Å². The number of hydrogen-bond acceptors (Lipinski definition) is 2. The van der Waals surface area contributed by atoms with Gasteiger partial charge in [0.2, 0.25) is 0 Å². The molecule has 0 fully saturated rings. The quantitative estimate of drug-likeness (QED) is 0.127. The van der Waals surface area contributed by atoms with E-state index in [2.05, 4.69) is 326 Å². The number of nitrogens with zero attached hydrogens (tertiary/aromatic N) is 1. The van der Waals surface area contributed by atoms with Gasteiger partial charge in [0, 0.05) is 36.6 Å². The summed E-state index contributed by atoms with van der Waals surface area (Å²) in [6.45, 7) is 0. The van der Waals surface area contributed by atoms with Gasteiger partial charge in [-0.2, -0.15) is 0 Å². The molecule has 2 aliphatic rings. The lowest BCUT2D eigenvalue weighted by molar-refractivity contribution is 0.487. The van der Waals surface area contributed by atoms with Crippen LogP contribution in [0.5, 0.6) is 11.5 Å². The molecule has 0 aliphatic carbocycles. The summed E-state index contributed by atoms with van der Waals surface area (Å²) in [5.74, 6) is 1.87. The van der Waals surface area contributed by atoms with E-state index in [0.29, 0.717) is 0 Å². The molecular weight excluding hydrogens is 983 g/mol. The lowest BCUT2D eigenvalue weighted by Gasteiger charge is -2.50. The van der Waals surface area contributed by atoms with E-state index in [1.165, 1.54) is 72.2 Å². The number of benzene rings is 12. The monoisotopic (exact) mass is 1040 g/mol. The minimum Gasteiger partial charge on any atom is -0.458 e. The first kappa shape index (κ1) is 46.5. The highest BCUT2D eigenvalue weighted by Crippen LogP contribution is 2.73. The van der Waals surface area contributed by atoms with Gasteiger partial charge < -0.3 is 9.64 Å². The summed E-state index contributed by atoms with van der Waals surface area (Å²) in [5, 5.41) is 11.0. The van der Waals surface area contributed by atoms with E-state index < -0.39 is 26.2 Å². The van der Waals surface area contributed by atoms with E-state index >= 15 is 0 Å². The highest BCUT2D eigenvalue weighted by Gasteiger charge is 2.59. The van der Waals surface area contributed by atoms with Crippen molar-refractivity contribution in [1.82, 2.24) is 0 Å². The molecule has 0 unspecified atom stereocenters. The predicted octanol–water partition coefficient (Wildman–Crippen LogP) is 13.3. The predicted molar refractivity (Wildman–Crippen MR) is 327 cm³/mol. The van der Waals surface area contributed by atoms with E-state index in [0.717, 1.165) is 28.6 Å². The van der Waals surface area contributed by atoms with Crippen molar-refractivity contribution >= 4 is 84.7 Å². The Hall–Kier alpha value is -8.98. The van der Waals surface area contributed by atoms with Crippen LogP contribution in [0.3, 0.4) is 0 Å². The second kappa shape index (κ2) is 19.3. The lowest BCUT2D eigenvalue weighted by Crippen LogP contribution is -2.93. The standard InChI is InChI=1S/C72H53NOSSi2/c1-7-25-54(26-8-1)55-43-45-56(46-44-55)73(57-47-50-62(51-48-57)75(59-27-9-2-10-28-59,60-29-11-3-12-30-60)61-31-13-4-14-32-61)58-49-52-71-72(53-58)77(67-39-21-19-37-65(67)74-66-38-20-22-40-68(66)77)70-42-24-23-41-69(70)76(71,63-33-15-5-16-34-63)64-35-17-6-18-36-64/h1-53H. The van der Waals surface area contributed by atoms with Crippen LogP contribution >= 0.6 is 10.0 Å². The molecule has 12 aromatic rings. The Morgan fingerprint density at radius 3 is 1.06 bits per heavy atom. The van der Waals surface area contributed by atoms with Crippen LogP contribution in [-0.4, -0.2) is 16.1 Å². The van der Waals surface area contributed by atoms with Crippen LogP contribution in [0.2, 0.25) is 0 Å². The molecular formula is C72H53NOSSi2. The molecule has 0 saturated carbocycles. The van der Waals surface area contributed by atoms with Gasteiger partial charge in [-0.15, -0.1) is 10.0 Å². The van der Waals surface area contributed by atoms with Crippen LogP contribution in [0.1, 0.15) is 0 Å². The lowest BCUT2D eigenvalue weighted by atomic mass is 10.0. The normalized spacial score (nSPS) is 13.7. The van der Waals surface area contributed by atoms with Crippen LogP contribution in [0.15, 0.2) is 341 Å². The number of para-hydroxylation sites is 2. The van der Waals surface area contributed by atoms with Crippen molar-refractivity contribution < 1.29 is 4.74 Å². The SMILES string of the molecule is c1ccc(-c2ccc(N(c3ccc(S(c4ccccc4)(c4ccccc4)c4ccccc4)cc3)c3ccc4c(c3)[Si]3(c5ccccc5Oc5ccccc53)c3ccccc3[Si]4(c3ccccc3)c3ccccc3)cc2)cc1. The van der Waals surface area contributed by atoms with Gasteiger partial charge in [-0.1, -0.05) is 224 Å². The molecule has 1 spiro atoms. The van der Waals surface area contributed by atoms with Crippen molar-refractivity contribution in [2.75, 3.05) is 4.90 Å². The summed E-state index contributed by atoms with van der Waals surface area (Å²) < 4.78 is 6.99. The molecule has 14 rings (SSSR count). The van der Waals surface area contributed by atoms with Gasteiger partial charge in [0.05, 0.1) is 0 Å². The van der Waals surface area contributed by atoms with Gasteiger partial charge in [-0.3, -0.25) is 0 Å². The van der Waals surface area contributed by atoms with Gasteiger partial charge in [0.1, 0.15) is 11.5 Å². The molecule has 0 aromatic heterocycles. The van der Waals surface area contributed by atoms with Crippen LogP contribution in [0, 0.1) is 0 Å². The molecule has 2 heterocycles. The maximum absolute atomic E-state index is 6.99. The first-order valence-electron chi connectivity index (χ1n) is 26.5. The zero-order valence-corrected chi connectivity index (χ0v) is 45.2. The minimum atomic E-state index is -3.20. The van der Waals surface area contributed by atoms with Gasteiger partial charge in [0.15, 0.2) is 16.1 Å². The highest BCUT2D eigenvalue weighted by atomic mass is 32.3. The van der Waals surface area contributed by atoms with Crippen LogP contribution in [-0.2, 0) is 0 Å². The van der Waals surface area contributed by atoms with Crippen LogP contribution < -0.4 is 51.1 Å². The number of ether oxygens (including phenoxy) is 1. The average Bonchev–Trinajstić information content (AvgIpc) is 3.62. The summed E-state index contributed by atoms with van der Waals surface area (Å²) in [6.07, 6.45) is 0. The molecule has 5 heteroatoms. The number of rotatable bonds is 10. The number of hydrogen-bond donors (Lipinski definition) is 0. The minimum absolute atomic E-state index is 0.933. The third kappa shape index (κ3) is 7.30. The number of fused-ring (bicyclic) bond motifs is 8. The van der Waals surface area contributed by atoms with Crippen molar-refractivity contribution in [2.45, 2.75) is 19.6 Å². The van der Waals surface area contributed by atoms with Gasteiger partial charge in [-0.05, 0) is 150 Å². The molecule has 2 nitrogen and oxygen atoms in total. The van der Waals surface area contributed by atoms with E-state index in [9.17, 15) is 0 Å². The second-order valence-corrected chi connectivity index (χ2v) is 30.4. The van der Waals surface area contributed by atoms with Crippen molar-refractivity contribution in [3.63, 3.8) is 0 Å². The second-order valence-electron chi connectivity index (χ2n) is 19.9. The maximum atomic E-state index is 6.99. The zero-order chi connectivity index (χ0) is 51.2. The molecule has 0 amide bonds. The third-order valence-electron chi connectivity index (χ3n) is 16.0. The molecule has 0 saturated heterocycles. The molecule has 0 N–H and O–H groups in total. The number of anilines is 3. The smallest absolute Gasteiger partial charge is 0.188 e. The van der Waals surface area contributed by atoms with Gasteiger partial charge in [0.25, 0.3) is 0 Å². The van der Waals surface area contributed by atoms with Gasteiger partial charge >= 0.3 is 0 Å². The Bertz CT molecular complexity index is 3870. The topological polar surface area (TPSA) is 12.5 Å². The molecule has 12 aromatic carbocycles. The largest absolute Gasteiger partial charge is 0.458 e. The van der Waals surface area contributed by atoms with Crippen LogP contribution in [0.25, 0.3) is 11.1 Å². The Balaban J connectivity index is 1.06. The molecule has 77 heavy (non-hydrogen) atoms. The van der Waals surface area contributed by atoms with E-state index in [-0.39, 0.29) is 0 Å². The van der Waals surface area contributed by atoms with E-state index in [1.54, 1.807) is 0 Å². The molecule has 0 atom stereocenters. The summed E-state index contributed by atoms with van der Waals surface area (Å²) >= 11 is 0. The molecule has 0 radical (unpaired) electrons.